The lowest BCUT2D eigenvalue weighted by atomic mass is 10.0. The van der Waals surface area contributed by atoms with Gasteiger partial charge in [0.25, 0.3) is 0 Å². The number of carbonyl (C=O) groups excluding carboxylic acids is 1. The molecule has 0 spiro atoms. The summed E-state index contributed by atoms with van der Waals surface area (Å²) in [5.41, 5.74) is 0. The molecule has 2 aliphatic rings. The van der Waals surface area contributed by atoms with Gasteiger partial charge in [-0.05, 0) is 0 Å². The highest BCUT2D eigenvalue weighted by molar-refractivity contribution is 5.80. The third-order valence-electron chi connectivity index (χ3n) is 3.19. The molecule has 7 heteroatoms. The molecule has 1 atom stereocenters. The summed E-state index contributed by atoms with van der Waals surface area (Å²) in [5.74, 6) is -1.32. The number of nitrogens with zero attached hydrogens (tertiary/aromatic N) is 2. The molecule has 2 aliphatic heterocycles. The Kier molecular flexibility index (Phi) is 3.49. The van der Waals surface area contributed by atoms with Crippen molar-refractivity contribution < 1.29 is 24.5 Å². The molecule has 0 aromatic heterocycles. The molecule has 2 fully saturated rings. The van der Waals surface area contributed by atoms with Gasteiger partial charge in [0, 0.05) is 19.6 Å². The van der Waals surface area contributed by atoms with E-state index in [4.69, 9.17) is 14.9 Å². The fourth-order valence-corrected chi connectivity index (χ4v) is 2.03. The maximum Gasteiger partial charge on any atom is 0.320 e. The van der Waals surface area contributed by atoms with Gasteiger partial charge in [-0.1, -0.05) is 0 Å². The van der Waals surface area contributed by atoms with Crippen molar-refractivity contribution in [1.29, 1.82) is 0 Å². The Morgan fingerprint density at radius 1 is 1.35 bits per heavy atom. The van der Waals surface area contributed by atoms with Crippen molar-refractivity contribution in [2.45, 2.75) is 6.04 Å². The molecular weight excluding hydrogens is 228 g/mol. The highest BCUT2D eigenvalue weighted by Crippen LogP contribution is 2.19. The zero-order valence-corrected chi connectivity index (χ0v) is 9.41. The first-order valence-corrected chi connectivity index (χ1v) is 5.60. The molecule has 2 N–H and O–H groups in total. The largest absolute Gasteiger partial charge is 0.481 e. The van der Waals surface area contributed by atoms with E-state index in [2.05, 4.69) is 0 Å². The van der Waals surface area contributed by atoms with Crippen LogP contribution in [0.2, 0.25) is 0 Å². The number of aliphatic hydroxyl groups excluding tert-OH is 1. The molecule has 0 bridgehead atoms. The summed E-state index contributed by atoms with van der Waals surface area (Å²) in [7, 11) is 0. The monoisotopic (exact) mass is 244 g/mol. The summed E-state index contributed by atoms with van der Waals surface area (Å²) in [4.78, 5) is 25.7. The molecule has 7 nitrogen and oxygen atoms in total. The van der Waals surface area contributed by atoms with Gasteiger partial charge in [-0.25, -0.2) is 4.79 Å². The second kappa shape index (κ2) is 4.89. The predicted octanol–water partition coefficient (Wildman–Crippen LogP) is -1.18. The molecule has 2 heterocycles. The third-order valence-corrected chi connectivity index (χ3v) is 3.19. The van der Waals surface area contributed by atoms with Gasteiger partial charge < -0.3 is 24.7 Å². The van der Waals surface area contributed by atoms with E-state index in [-0.39, 0.29) is 31.8 Å². The summed E-state index contributed by atoms with van der Waals surface area (Å²) in [6, 6.07) is -0.523. The number of hydrogen-bond acceptors (Lipinski definition) is 4. The van der Waals surface area contributed by atoms with Crippen LogP contribution < -0.4 is 0 Å². The topological polar surface area (TPSA) is 90.3 Å². The number of carboxylic acids is 1. The van der Waals surface area contributed by atoms with Crippen LogP contribution in [0.3, 0.4) is 0 Å². The Balaban J connectivity index is 1.89. The Hall–Kier alpha value is -1.34. The van der Waals surface area contributed by atoms with Gasteiger partial charge in [0.05, 0.1) is 31.8 Å². The average molecular weight is 244 g/mol. The number of ether oxygens (including phenoxy) is 1. The summed E-state index contributed by atoms with van der Waals surface area (Å²) >= 11 is 0. The van der Waals surface area contributed by atoms with Crippen LogP contribution in [0.15, 0.2) is 0 Å². The zero-order chi connectivity index (χ0) is 12.4. The molecule has 0 radical (unpaired) electrons. The van der Waals surface area contributed by atoms with E-state index in [1.54, 1.807) is 4.90 Å². The molecule has 0 aliphatic carbocycles. The highest BCUT2D eigenvalue weighted by Gasteiger charge is 2.39. The van der Waals surface area contributed by atoms with E-state index in [1.165, 1.54) is 4.90 Å². The fourth-order valence-electron chi connectivity index (χ4n) is 2.03. The van der Waals surface area contributed by atoms with Gasteiger partial charge in [-0.2, -0.15) is 0 Å². The number of carbonyl (C=O) groups is 2. The number of urea groups is 1. The molecule has 2 amide bonds. The summed E-state index contributed by atoms with van der Waals surface area (Å²) in [6.07, 6.45) is 0. The van der Waals surface area contributed by atoms with Crippen molar-refractivity contribution in [2.75, 3.05) is 39.5 Å². The van der Waals surface area contributed by atoms with E-state index < -0.39 is 11.9 Å². The molecular formula is C10H16N2O5. The molecule has 0 aromatic rings. The van der Waals surface area contributed by atoms with Crippen LogP contribution >= 0.6 is 0 Å². The molecule has 96 valence electrons. The van der Waals surface area contributed by atoms with Crippen LogP contribution in [0.1, 0.15) is 0 Å². The molecule has 1 unspecified atom stereocenters. The van der Waals surface area contributed by atoms with Crippen LogP contribution in [0.4, 0.5) is 4.79 Å². The maximum absolute atomic E-state index is 12.0. The van der Waals surface area contributed by atoms with Crippen molar-refractivity contribution in [3.05, 3.63) is 0 Å². The van der Waals surface area contributed by atoms with Gasteiger partial charge >= 0.3 is 12.0 Å². The molecule has 2 rings (SSSR count). The van der Waals surface area contributed by atoms with Gasteiger partial charge in [0.15, 0.2) is 0 Å². The first kappa shape index (κ1) is 12.1. The summed E-state index contributed by atoms with van der Waals surface area (Å²) in [6.45, 7) is 1.60. The first-order chi connectivity index (χ1) is 8.13. The van der Waals surface area contributed by atoms with Crippen LogP contribution in [-0.4, -0.2) is 77.5 Å². The predicted molar refractivity (Wildman–Crippen MR) is 56.5 cm³/mol. The Morgan fingerprint density at radius 2 is 2.06 bits per heavy atom. The molecule has 0 aromatic carbocycles. The van der Waals surface area contributed by atoms with E-state index in [0.29, 0.717) is 19.8 Å². The van der Waals surface area contributed by atoms with E-state index in [0.717, 1.165) is 0 Å². The van der Waals surface area contributed by atoms with Gasteiger partial charge in [0.2, 0.25) is 0 Å². The minimum absolute atomic E-state index is 0.137. The first-order valence-electron chi connectivity index (χ1n) is 5.60. The number of carboxylic acid groups (broad SMARTS) is 1. The van der Waals surface area contributed by atoms with Gasteiger partial charge in [0.1, 0.15) is 0 Å². The number of morpholine rings is 1. The van der Waals surface area contributed by atoms with Gasteiger partial charge in [-0.3, -0.25) is 4.79 Å². The Labute approximate surface area is 98.6 Å². The quantitative estimate of drug-likeness (QED) is 0.638. The van der Waals surface area contributed by atoms with Crippen molar-refractivity contribution in [1.82, 2.24) is 9.80 Å². The van der Waals surface area contributed by atoms with Crippen LogP contribution in [0.5, 0.6) is 0 Å². The number of hydrogen-bond donors (Lipinski definition) is 2. The molecule has 0 saturated carbocycles. The van der Waals surface area contributed by atoms with Crippen LogP contribution in [0.25, 0.3) is 0 Å². The number of aliphatic hydroxyl groups is 1. The fraction of sp³-hybridized carbons (Fsp3) is 0.800. The van der Waals surface area contributed by atoms with Crippen molar-refractivity contribution in [2.24, 2.45) is 5.92 Å². The van der Waals surface area contributed by atoms with Crippen LogP contribution in [-0.2, 0) is 9.53 Å². The Bertz CT molecular complexity index is 316. The lowest BCUT2D eigenvalue weighted by Gasteiger charge is -2.43. The minimum atomic E-state index is -0.866. The summed E-state index contributed by atoms with van der Waals surface area (Å²) < 4.78 is 5.18. The van der Waals surface area contributed by atoms with E-state index >= 15 is 0 Å². The second-order valence-corrected chi connectivity index (χ2v) is 4.33. The van der Waals surface area contributed by atoms with Gasteiger partial charge in [-0.15, -0.1) is 0 Å². The van der Waals surface area contributed by atoms with E-state index in [1.807, 2.05) is 0 Å². The average Bonchev–Trinajstić information content (AvgIpc) is 2.26. The third kappa shape index (κ3) is 2.34. The molecule has 2 saturated heterocycles. The minimum Gasteiger partial charge on any atom is -0.481 e. The maximum atomic E-state index is 12.0. The molecule has 17 heavy (non-hydrogen) atoms. The van der Waals surface area contributed by atoms with Crippen LogP contribution in [0, 0.1) is 5.92 Å². The lowest BCUT2D eigenvalue weighted by Crippen LogP contribution is -2.61. The SMILES string of the molecule is O=C(O)C1CN(C(=O)N2CCOCC2CO)C1. The second-order valence-electron chi connectivity index (χ2n) is 4.33. The standard InChI is InChI=1S/C10H16N2O5/c13-5-8-6-17-2-1-12(8)10(16)11-3-7(4-11)9(14)15/h7-8,13H,1-6H2,(H,14,15). The summed E-state index contributed by atoms with van der Waals surface area (Å²) in [5, 5.41) is 17.9. The van der Waals surface area contributed by atoms with Crippen molar-refractivity contribution in [3.63, 3.8) is 0 Å². The van der Waals surface area contributed by atoms with Crippen molar-refractivity contribution >= 4 is 12.0 Å². The lowest BCUT2D eigenvalue weighted by molar-refractivity contribution is -0.146. The number of rotatable bonds is 2. The number of likely N-dealkylation sites (tertiary alicyclic amines) is 1. The zero-order valence-electron chi connectivity index (χ0n) is 9.41. The normalized spacial score (nSPS) is 25.6. The smallest absolute Gasteiger partial charge is 0.320 e. The van der Waals surface area contributed by atoms with E-state index in [9.17, 15) is 9.59 Å². The number of aliphatic carboxylic acids is 1. The number of amides is 2. The Morgan fingerprint density at radius 3 is 2.65 bits per heavy atom. The van der Waals surface area contributed by atoms with Crippen molar-refractivity contribution in [3.8, 4) is 0 Å². The highest BCUT2D eigenvalue weighted by atomic mass is 16.5.